The first-order chi connectivity index (χ1) is 5.88. The van der Waals surface area contributed by atoms with Gasteiger partial charge in [0.25, 0.3) is 0 Å². The van der Waals surface area contributed by atoms with E-state index in [2.05, 4.69) is 39.5 Å². The molecule has 0 saturated carbocycles. The van der Waals surface area contributed by atoms with Crippen LogP contribution < -0.4 is 0 Å². The molecular weight excluding hydrogens is 160 g/mol. The summed E-state index contributed by atoms with van der Waals surface area (Å²) in [6.45, 7) is 10.4. The lowest BCUT2D eigenvalue weighted by Gasteiger charge is -2.26. The summed E-state index contributed by atoms with van der Waals surface area (Å²) >= 11 is 0. The molecule has 0 amide bonds. The van der Waals surface area contributed by atoms with E-state index in [4.69, 9.17) is 0 Å². The molecule has 0 spiro atoms. The molecule has 0 aliphatic rings. The van der Waals surface area contributed by atoms with E-state index in [0.29, 0.717) is 18.8 Å². The minimum absolute atomic E-state index is 0.218. The number of hydrogen-bond donors (Lipinski definition) is 0. The molecule has 0 aromatic heterocycles. The minimum atomic E-state index is 0.218. The molecule has 1 nitrogen and oxygen atoms in total. The van der Waals surface area contributed by atoms with Gasteiger partial charge in [0, 0.05) is 6.42 Å². The molecule has 13 heavy (non-hydrogen) atoms. The van der Waals surface area contributed by atoms with E-state index in [9.17, 15) is 4.79 Å². The van der Waals surface area contributed by atoms with Crippen LogP contribution in [0.15, 0.2) is 0 Å². The van der Waals surface area contributed by atoms with Gasteiger partial charge in [-0.2, -0.15) is 0 Å². The average molecular weight is 180 g/mol. The molecule has 0 saturated heterocycles. The third-order valence-corrected chi connectivity index (χ3v) is 2.47. The number of carbonyl (C=O) groups is 1. The third-order valence-electron chi connectivity index (χ3n) is 2.47. The van der Waals surface area contributed by atoms with Crippen LogP contribution in [-0.4, -0.2) is 5.78 Å². The van der Waals surface area contributed by atoms with Gasteiger partial charge in [-0.3, -0.25) is 4.79 Å². The summed E-state index contributed by atoms with van der Waals surface area (Å²) < 4.78 is 0. The molecule has 0 aliphatic carbocycles. The number of Topliss-reactive ketones (excluding diaryl/α,β-unsaturated/α-hetero) is 1. The van der Waals surface area contributed by atoms with Crippen molar-refractivity contribution in [3.8, 4) is 11.8 Å². The first-order valence-electron chi connectivity index (χ1n) is 4.79. The van der Waals surface area contributed by atoms with Crippen LogP contribution in [-0.2, 0) is 4.79 Å². The Morgan fingerprint density at radius 2 is 1.92 bits per heavy atom. The average Bonchev–Trinajstić information content (AvgIpc) is 1.99. The Kier molecular flexibility index (Phi) is 4.77. The Labute approximate surface area is 81.9 Å². The molecule has 0 aromatic rings. The van der Waals surface area contributed by atoms with E-state index in [1.807, 2.05) is 0 Å². The fourth-order valence-electron chi connectivity index (χ4n) is 0.907. The Hall–Kier alpha value is -0.770. The van der Waals surface area contributed by atoms with Crippen molar-refractivity contribution in [3.63, 3.8) is 0 Å². The van der Waals surface area contributed by atoms with Crippen LogP contribution in [0, 0.1) is 23.2 Å². The predicted molar refractivity (Wildman–Crippen MR) is 56.3 cm³/mol. The van der Waals surface area contributed by atoms with Crippen LogP contribution >= 0.6 is 0 Å². The Bertz CT molecular complexity index is 222. The number of ketones is 1. The van der Waals surface area contributed by atoms with Crippen LogP contribution in [0.4, 0.5) is 0 Å². The zero-order chi connectivity index (χ0) is 10.5. The molecule has 1 heteroatoms. The summed E-state index contributed by atoms with van der Waals surface area (Å²) in [4.78, 5) is 11.4. The van der Waals surface area contributed by atoms with Crippen LogP contribution in [0.3, 0.4) is 0 Å². The molecule has 0 aromatic carbocycles. The highest BCUT2D eigenvalue weighted by molar-refractivity contribution is 5.81. The maximum Gasteiger partial charge on any atom is 0.145 e. The van der Waals surface area contributed by atoms with Crippen LogP contribution in [0.2, 0.25) is 0 Å². The molecule has 1 atom stereocenters. The van der Waals surface area contributed by atoms with Gasteiger partial charge < -0.3 is 0 Å². The lowest BCUT2D eigenvalue weighted by Crippen LogP contribution is -2.20. The van der Waals surface area contributed by atoms with Gasteiger partial charge in [0.15, 0.2) is 0 Å². The van der Waals surface area contributed by atoms with Crippen molar-refractivity contribution >= 4 is 5.78 Å². The second kappa shape index (κ2) is 5.07. The zero-order valence-electron chi connectivity index (χ0n) is 9.40. The van der Waals surface area contributed by atoms with Crippen molar-refractivity contribution in [1.29, 1.82) is 0 Å². The summed E-state index contributed by atoms with van der Waals surface area (Å²) in [5, 5.41) is 0. The molecular formula is C12H20O. The molecule has 0 aliphatic heterocycles. The lowest BCUT2D eigenvalue weighted by molar-refractivity contribution is -0.119. The van der Waals surface area contributed by atoms with Crippen molar-refractivity contribution in [2.45, 2.75) is 47.5 Å². The van der Waals surface area contributed by atoms with E-state index in [1.54, 1.807) is 6.92 Å². The standard InChI is InChI=1S/C12H20O/c1-6-7-8-11(13)9-10(2)12(3,4)5/h10H,8-9H2,1-5H3. The van der Waals surface area contributed by atoms with E-state index in [1.165, 1.54) is 0 Å². The zero-order valence-corrected chi connectivity index (χ0v) is 9.40. The van der Waals surface area contributed by atoms with Crippen molar-refractivity contribution in [1.82, 2.24) is 0 Å². The molecule has 0 radical (unpaired) electrons. The van der Waals surface area contributed by atoms with Gasteiger partial charge in [-0.15, -0.1) is 5.92 Å². The fraction of sp³-hybridized carbons (Fsp3) is 0.750. The van der Waals surface area contributed by atoms with Crippen LogP contribution in [0.1, 0.15) is 47.5 Å². The molecule has 0 bridgehead atoms. The highest BCUT2D eigenvalue weighted by Gasteiger charge is 2.21. The van der Waals surface area contributed by atoms with Crippen molar-refractivity contribution in [3.05, 3.63) is 0 Å². The molecule has 0 heterocycles. The van der Waals surface area contributed by atoms with Gasteiger partial charge >= 0.3 is 0 Å². The largest absolute Gasteiger partial charge is 0.299 e. The van der Waals surface area contributed by atoms with E-state index < -0.39 is 0 Å². The highest BCUT2D eigenvalue weighted by Crippen LogP contribution is 2.28. The summed E-state index contributed by atoms with van der Waals surface area (Å²) in [5.74, 6) is 6.24. The topological polar surface area (TPSA) is 17.1 Å². The predicted octanol–water partition coefficient (Wildman–Crippen LogP) is 3.04. The monoisotopic (exact) mass is 180 g/mol. The van der Waals surface area contributed by atoms with Crippen molar-refractivity contribution in [2.24, 2.45) is 11.3 Å². The Morgan fingerprint density at radius 1 is 1.38 bits per heavy atom. The highest BCUT2D eigenvalue weighted by atomic mass is 16.1. The lowest BCUT2D eigenvalue weighted by atomic mass is 9.79. The smallest absolute Gasteiger partial charge is 0.145 e. The normalized spacial score (nSPS) is 13.0. The molecule has 0 rings (SSSR count). The summed E-state index contributed by atoms with van der Waals surface area (Å²) in [5.41, 5.74) is 0.218. The minimum Gasteiger partial charge on any atom is -0.299 e. The van der Waals surface area contributed by atoms with Gasteiger partial charge in [0.1, 0.15) is 5.78 Å². The number of carbonyl (C=O) groups excluding carboxylic acids is 1. The van der Waals surface area contributed by atoms with Gasteiger partial charge in [0.2, 0.25) is 0 Å². The van der Waals surface area contributed by atoms with E-state index in [-0.39, 0.29) is 11.2 Å². The second-order valence-corrected chi connectivity index (χ2v) is 4.61. The quantitative estimate of drug-likeness (QED) is 0.610. The summed E-state index contributed by atoms with van der Waals surface area (Å²) in [6.07, 6.45) is 1.06. The fourth-order valence-corrected chi connectivity index (χ4v) is 0.907. The number of rotatable bonds is 3. The molecule has 74 valence electrons. The van der Waals surface area contributed by atoms with Crippen LogP contribution in [0.25, 0.3) is 0 Å². The van der Waals surface area contributed by atoms with Gasteiger partial charge in [-0.05, 0) is 18.3 Å². The molecule has 0 fully saturated rings. The third kappa shape index (κ3) is 5.47. The molecule has 1 unspecified atom stereocenters. The maximum atomic E-state index is 11.4. The van der Waals surface area contributed by atoms with Gasteiger partial charge in [0.05, 0.1) is 6.42 Å². The SMILES string of the molecule is CC#CCC(=O)CC(C)C(C)(C)C. The summed E-state index contributed by atoms with van der Waals surface area (Å²) in [7, 11) is 0. The van der Waals surface area contributed by atoms with Crippen molar-refractivity contribution in [2.75, 3.05) is 0 Å². The van der Waals surface area contributed by atoms with Gasteiger partial charge in [-0.1, -0.05) is 33.6 Å². The first kappa shape index (κ1) is 12.2. The first-order valence-corrected chi connectivity index (χ1v) is 4.79. The molecule has 0 N–H and O–H groups in total. The van der Waals surface area contributed by atoms with E-state index >= 15 is 0 Å². The summed E-state index contributed by atoms with van der Waals surface area (Å²) in [6, 6.07) is 0. The Morgan fingerprint density at radius 3 is 2.31 bits per heavy atom. The maximum absolute atomic E-state index is 11.4. The Balaban J connectivity index is 3.97. The van der Waals surface area contributed by atoms with E-state index in [0.717, 1.165) is 0 Å². The van der Waals surface area contributed by atoms with Crippen molar-refractivity contribution < 1.29 is 4.79 Å². The van der Waals surface area contributed by atoms with Crippen LogP contribution in [0.5, 0.6) is 0 Å². The second-order valence-electron chi connectivity index (χ2n) is 4.61. The van der Waals surface area contributed by atoms with Gasteiger partial charge in [-0.25, -0.2) is 0 Å². The number of hydrogen-bond acceptors (Lipinski definition) is 1.